The molecule has 3 aliphatic heterocycles. The Morgan fingerprint density at radius 1 is 0.581 bits per heavy atom. The van der Waals surface area contributed by atoms with E-state index in [0.29, 0.717) is 25.9 Å². The number of carbonyl (C=O) groups is 6. The highest BCUT2D eigenvalue weighted by molar-refractivity contribution is 5.93. The molecule has 0 aliphatic carbocycles. The van der Waals surface area contributed by atoms with Gasteiger partial charge in [-0.05, 0) is 96.9 Å². The van der Waals surface area contributed by atoms with Gasteiger partial charge in [-0.2, -0.15) is 0 Å². The number of methoxy groups -OCH3 is 2. The van der Waals surface area contributed by atoms with Crippen molar-refractivity contribution in [3.8, 4) is 0 Å². The number of ketones is 2. The molecule has 3 aromatic rings. The van der Waals surface area contributed by atoms with Crippen LogP contribution < -0.4 is 4.90 Å². The number of nitrogens with zero attached hydrogens (tertiary/aromatic N) is 3. The van der Waals surface area contributed by atoms with E-state index < -0.39 is 35.9 Å². The standard InChI is InChI=1S/C50H62FN3O8/c1-31(2)39(29-47(57)61-5)49(59)52-25-7-9-43(52)45(55)27-33-11-15-35(16-12-33)41-23-24-42(54(41)38-21-19-37(51)20-22-38)36-17-13-34(14-18-36)28-46(56)44-10-8-26-53(44)50(60)40(32(3)4)30-48(58)62-6/h11-22,31-32,39-44H,7-10,23-30H2,1-6H3/t39-,40-,41+,42+,43-,44-/m0/s1. The van der Waals surface area contributed by atoms with Gasteiger partial charge in [0.25, 0.3) is 0 Å². The lowest BCUT2D eigenvalue weighted by atomic mass is 9.90. The summed E-state index contributed by atoms with van der Waals surface area (Å²) in [7, 11) is 2.62. The van der Waals surface area contributed by atoms with Crippen molar-refractivity contribution in [1.29, 1.82) is 0 Å². The van der Waals surface area contributed by atoms with Gasteiger partial charge in [0.05, 0.1) is 63.1 Å². The maximum atomic E-state index is 14.2. The molecule has 3 saturated heterocycles. The summed E-state index contributed by atoms with van der Waals surface area (Å²) < 4.78 is 23.9. The van der Waals surface area contributed by atoms with E-state index in [2.05, 4.69) is 29.2 Å². The first kappa shape index (κ1) is 46.1. The van der Waals surface area contributed by atoms with Crippen LogP contribution in [-0.4, -0.2) is 84.5 Å². The van der Waals surface area contributed by atoms with Gasteiger partial charge in [-0.15, -0.1) is 0 Å². The van der Waals surface area contributed by atoms with E-state index in [-0.39, 0.29) is 78.8 Å². The normalized spacial score (nSPS) is 21.0. The number of ether oxygens (including phenoxy) is 2. The smallest absolute Gasteiger partial charge is 0.306 e. The molecule has 3 fully saturated rings. The van der Waals surface area contributed by atoms with Gasteiger partial charge in [0.15, 0.2) is 11.6 Å². The van der Waals surface area contributed by atoms with Crippen LogP contribution in [0, 0.1) is 29.5 Å². The Morgan fingerprint density at radius 2 is 0.968 bits per heavy atom. The maximum Gasteiger partial charge on any atom is 0.306 e. The summed E-state index contributed by atoms with van der Waals surface area (Å²) in [5.41, 5.74) is 4.72. The summed E-state index contributed by atoms with van der Waals surface area (Å²) in [6.07, 6.45) is 4.66. The SMILES string of the molecule is COC(=O)C[C@H](C(=O)N1CCC[C@H]1C(=O)Cc1ccc([C@H]2CC[C@H](c3ccc(CC(=O)[C@@H]4CCCN4C(=O)[C@@H](CC(=O)OC)C(C)C)cc3)N2c2ccc(F)cc2)cc1)C(C)C. The Bertz CT molecular complexity index is 1940. The molecule has 12 heteroatoms. The predicted octanol–water partition coefficient (Wildman–Crippen LogP) is 7.78. The van der Waals surface area contributed by atoms with Crippen LogP contribution in [0.4, 0.5) is 10.1 Å². The summed E-state index contributed by atoms with van der Waals surface area (Å²) in [5.74, 6) is -2.84. The average Bonchev–Trinajstić information content (AvgIpc) is 4.06. The minimum Gasteiger partial charge on any atom is -0.469 e. The van der Waals surface area contributed by atoms with Gasteiger partial charge in [-0.3, -0.25) is 28.8 Å². The Balaban J connectivity index is 1.13. The molecule has 2 amide bonds. The number of Topliss-reactive ketones (excluding diaryl/α,β-unsaturated/α-hetero) is 2. The van der Waals surface area contributed by atoms with Crippen LogP contribution in [0.3, 0.4) is 0 Å². The van der Waals surface area contributed by atoms with Gasteiger partial charge in [0, 0.05) is 31.6 Å². The Hall–Kier alpha value is -5.39. The summed E-state index contributed by atoms with van der Waals surface area (Å²) in [6.45, 7) is 8.60. The average molecular weight is 852 g/mol. The zero-order chi connectivity index (χ0) is 44.7. The first-order valence-electron chi connectivity index (χ1n) is 22.2. The number of hydrogen-bond donors (Lipinski definition) is 0. The number of likely N-dealkylation sites (tertiary alicyclic amines) is 2. The van der Waals surface area contributed by atoms with Crippen LogP contribution in [0.15, 0.2) is 72.8 Å². The van der Waals surface area contributed by atoms with Gasteiger partial charge in [0.1, 0.15) is 5.82 Å². The fraction of sp³-hybridized carbons (Fsp3) is 0.520. The number of halogens is 1. The molecular weight excluding hydrogens is 790 g/mol. The first-order valence-corrected chi connectivity index (χ1v) is 22.2. The molecule has 0 bridgehead atoms. The van der Waals surface area contributed by atoms with Crippen molar-refractivity contribution in [2.24, 2.45) is 23.7 Å². The largest absolute Gasteiger partial charge is 0.469 e. The number of carbonyl (C=O) groups excluding carboxylic acids is 6. The van der Waals surface area contributed by atoms with Crippen LogP contribution in [0.5, 0.6) is 0 Å². The number of rotatable bonds is 17. The molecule has 0 unspecified atom stereocenters. The highest BCUT2D eigenvalue weighted by Gasteiger charge is 2.41. The van der Waals surface area contributed by atoms with E-state index in [0.717, 1.165) is 53.6 Å². The third-order valence-corrected chi connectivity index (χ3v) is 13.3. The highest BCUT2D eigenvalue weighted by Crippen LogP contribution is 2.47. The lowest BCUT2D eigenvalue weighted by molar-refractivity contribution is -0.149. The fourth-order valence-electron chi connectivity index (χ4n) is 9.69. The van der Waals surface area contributed by atoms with E-state index in [1.54, 1.807) is 21.9 Å². The lowest BCUT2D eigenvalue weighted by Crippen LogP contribution is -2.45. The number of hydrogen-bond acceptors (Lipinski definition) is 9. The van der Waals surface area contributed by atoms with Crippen LogP contribution >= 0.6 is 0 Å². The molecule has 3 heterocycles. The second-order valence-corrected chi connectivity index (χ2v) is 17.9. The minimum absolute atomic E-state index is 0.0135. The number of benzene rings is 3. The first-order chi connectivity index (χ1) is 29.7. The van der Waals surface area contributed by atoms with Crippen LogP contribution in [0.2, 0.25) is 0 Å². The third kappa shape index (κ3) is 10.6. The van der Waals surface area contributed by atoms with Crippen molar-refractivity contribution >= 4 is 41.0 Å². The zero-order valence-electron chi connectivity index (χ0n) is 37.0. The monoisotopic (exact) mass is 851 g/mol. The van der Waals surface area contributed by atoms with Gasteiger partial charge in [0.2, 0.25) is 11.8 Å². The Morgan fingerprint density at radius 3 is 1.32 bits per heavy atom. The quantitative estimate of drug-likeness (QED) is 0.125. The Labute approximate surface area is 365 Å². The molecule has 3 aliphatic rings. The molecule has 6 atom stereocenters. The molecule has 0 saturated carbocycles. The van der Waals surface area contributed by atoms with E-state index in [1.807, 2.05) is 52.0 Å². The van der Waals surface area contributed by atoms with Crippen molar-refractivity contribution in [1.82, 2.24) is 9.80 Å². The molecule has 11 nitrogen and oxygen atoms in total. The van der Waals surface area contributed by atoms with Crippen LogP contribution in [-0.2, 0) is 51.1 Å². The third-order valence-electron chi connectivity index (χ3n) is 13.3. The molecule has 62 heavy (non-hydrogen) atoms. The van der Waals surface area contributed by atoms with Gasteiger partial charge >= 0.3 is 11.9 Å². The van der Waals surface area contributed by atoms with E-state index in [9.17, 15) is 33.2 Å². The Kier molecular flexibility index (Phi) is 15.4. The molecule has 0 spiro atoms. The molecule has 0 aromatic heterocycles. The number of anilines is 1. The van der Waals surface area contributed by atoms with Crippen LogP contribution in [0.25, 0.3) is 0 Å². The van der Waals surface area contributed by atoms with E-state index >= 15 is 0 Å². The van der Waals surface area contributed by atoms with Gasteiger partial charge < -0.3 is 24.2 Å². The maximum absolute atomic E-state index is 14.2. The number of esters is 2. The summed E-state index contributed by atoms with van der Waals surface area (Å²) in [4.78, 5) is 84.5. The van der Waals surface area contributed by atoms with Gasteiger partial charge in [-0.1, -0.05) is 76.2 Å². The lowest BCUT2D eigenvalue weighted by Gasteiger charge is -2.33. The molecule has 6 rings (SSSR count). The number of amides is 2. The van der Waals surface area contributed by atoms with E-state index in [1.165, 1.54) is 26.4 Å². The minimum atomic E-state index is -0.548. The molecule has 332 valence electrons. The van der Waals surface area contributed by atoms with Crippen molar-refractivity contribution < 1.29 is 42.6 Å². The molecule has 0 N–H and O–H groups in total. The van der Waals surface area contributed by atoms with Crippen molar-refractivity contribution in [2.45, 2.75) is 116 Å². The summed E-state index contributed by atoms with van der Waals surface area (Å²) >= 11 is 0. The summed E-state index contributed by atoms with van der Waals surface area (Å²) in [5, 5.41) is 0. The molecule has 3 aromatic carbocycles. The molecular formula is C50H62FN3O8. The predicted molar refractivity (Wildman–Crippen MR) is 233 cm³/mol. The van der Waals surface area contributed by atoms with Crippen LogP contribution in [0.1, 0.15) is 113 Å². The van der Waals surface area contributed by atoms with Crippen molar-refractivity contribution in [2.75, 3.05) is 32.2 Å². The summed E-state index contributed by atoms with van der Waals surface area (Å²) in [6, 6.07) is 21.6. The zero-order valence-corrected chi connectivity index (χ0v) is 37.0. The highest BCUT2D eigenvalue weighted by atomic mass is 19.1. The second kappa shape index (κ2) is 20.7. The van der Waals surface area contributed by atoms with Gasteiger partial charge in [-0.25, -0.2) is 4.39 Å². The molecule has 0 radical (unpaired) electrons. The van der Waals surface area contributed by atoms with Crippen molar-refractivity contribution in [3.63, 3.8) is 0 Å². The second-order valence-electron chi connectivity index (χ2n) is 17.9. The van der Waals surface area contributed by atoms with E-state index in [4.69, 9.17) is 9.47 Å². The van der Waals surface area contributed by atoms with Crippen molar-refractivity contribution in [3.05, 3.63) is 101 Å². The fourth-order valence-corrected chi connectivity index (χ4v) is 9.69. The topological polar surface area (TPSA) is 131 Å².